The molecule has 0 spiro atoms. The van der Waals surface area contributed by atoms with Gasteiger partial charge >= 0.3 is 0 Å². The van der Waals surface area contributed by atoms with E-state index in [0.29, 0.717) is 23.7 Å². The zero-order chi connectivity index (χ0) is 38.1. The molecular formula is C46H62Cl2N2Si2. The third kappa shape index (κ3) is 9.59. The molecule has 0 saturated heterocycles. The van der Waals surface area contributed by atoms with Crippen LogP contribution in [-0.4, -0.2) is 26.2 Å². The quantitative estimate of drug-likeness (QED) is 0.0901. The van der Waals surface area contributed by atoms with Gasteiger partial charge < -0.3 is 0 Å². The van der Waals surface area contributed by atoms with Crippen LogP contribution in [0.3, 0.4) is 0 Å². The fourth-order valence-electron chi connectivity index (χ4n) is 7.66. The molecule has 0 amide bonds. The van der Waals surface area contributed by atoms with Gasteiger partial charge in [-0.15, -0.1) is 0 Å². The minimum atomic E-state index is -1.62. The minimum Gasteiger partial charge on any atom is -0.245 e. The summed E-state index contributed by atoms with van der Waals surface area (Å²) < 4.78 is 0. The molecule has 0 heterocycles. The number of halogens is 2. The highest BCUT2D eigenvalue weighted by Crippen LogP contribution is 2.42. The van der Waals surface area contributed by atoms with E-state index in [2.05, 4.69) is 142 Å². The molecule has 0 N–H and O–H groups in total. The van der Waals surface area contributed by atoms with Crippen LogP contribution in [0.25, 0.3) is 10.8 Å². The summed E-state index contributed by atoms with van der Waals surface area (Å²) in [5.41, 5.74) is 14.6. The second kappa shape index (κ2) is 16.5. The first-order valence-corrected chi connectivity index (χ1v) is 28.2. The topological polar surface area (TPSA) is 24.7 Å². The lowest BCUT2D eigenvalue weighted by molar-refractivity contribution is 0.819. The maximum atomic E-state index is 6.73. The molecule has 0 saturated carbocycles. The molecule has 2 nitrogen and oxygen atoms in total. The summed E-state index contributed by atoms with van der Waals surface area (Å²) in [6, 6.07) is 25.3. The van der Waals surface area contributed by atoms with Crippen LogP contribution in [0.5, 0.6) is 0 Å². The fourth-order valence-corrected chi connectivity index (χ4v) is 10.5. The van der Waals surface area contributed by atoms with Gasteiger partial charge in [0.15, 0.2) is 14.8 Å². The van der Waals surface area contributed by atoms with Crippen LogP contribution in [0.1, 0.15) is 136 Å². The van der Waals surface area contributed by atoms with Gasteiger partial charge in [-0.3, -0.25) is 0 Å². The number of hydrogen-bond donors (Lipinski definition) is 0. The lowest BCUT2D eigenvalue weighted by Crippen LogP contribution is -2.15. The van der Waals surface area contributed by atoms with Crippen molar-refractivity contribution in [2.75, 3.05) is 0 Å². The van der Waals surface area contributed by atoms with E-state index in [0.717, 1.165) is 60.6 Å². The number of benzene rings is 4. The fraction of sp³-hybridized carbons (Fsp3) is 0.478. The van der Waals surface area contributed by atoms with Crippen LogP contribution in [-0.2, 0) is 12.8 Å². The van der Waals surface area contributed by atoms with Gasteiger partial charge in [0.2, 0.25) is 0 Å². The zero-order valence-corrected chi connectivity index (χ0v) is 37.5. The number of nitrogens with zero attached hydrogens (tertiary/aromatic N) is 2. The molecule has 4 aromatic rings. The Morgan fingerprint density at radius 3 is 1.13 bits per heavy atom. The average Bonchev–Trinajstić information content (AvgIpc) is 3.33. The Labute approximate surface area is 327 Å². The summed E-state index contributed by atoms with van der Waals surface area (Å²) in [6.45, 7) is 27.5. The molecule has 5 rings (SSSR count). The van der Waals surface area contributed by atoms with Gasteiger partial charge in [-0.2, -0.15) is 22.2 Å². The average molecular weight is 770 g/mol. The van der Waals surface area contributed by atoms with E-state index in [1.54, 1.807) is 0 Å². The monoisotopic (exact) mass is 768 g/mol. The van der Waals surface area contributed by atoms with E-state index in [9.17, 15) is 0 Å². The highest BCUT2D eigenvalue weighted by atomic mass is 35.6. The van der Waals surface area contributed by atoms with E-state index in [4.69, 9.17) is 32.1 Å². The Morgan fingerprint density at radius 2 is 0.846 bits per heavy atom. The molecule has 6 heteroatoms. The lowest BCUT2D eigenvalue weighted by Gasteiger charge is -2.21. The first-order valence-electron chi connectivity index (χ1n) is 19.8. The van der Waals surface area contributed by atoms with E-state index < -0.39 is 14.8 Å². The Hall–Kier alpha value is -2.51. The molecular weight excluding hydrogens is 708 g/mol. The SMILES string of the molecule is CC(C)c1cc(CCC[Si](C)(C)Cl)cc(C(C)C)c1N=C1C(=Nc2c(C(C)C)cc(CCC[Si](C)(C)Cl)cc2C(C)C)c2cccc3cccc1c23. The number of aryl methyl sites for hydroxylation is 2. The van der Waals surface area contributed by atoms with Crippen molar-refractivity contribution in [1.82, 2.24) is 0 Å². The molecule has 0 radical (unpaired) electrons. The Morgan fingerprint density at radius 1 is 0.519 bits per heavy atom. The summed E-state index contributed by atoms with van der Waals surface area (Å²) in [5, 5.41) is 2.49. The van der Waals surface area contributed by atoms with Crippen LogP contribution < -0.4 is 0 Å². The number of hydrogen-bond acceptors (Lipinski definition) is 2. The molecule has 52 heavy (non-hydrogen) atoms. The van der Waals surface area contributed by atoms with Crippen molar-refractivity contribution in [1.29, 1.82) is 0 Å². The van der Waals surface area contributed by atoms with Crippen LogP contribution in [0.4, 0.5) is 11.4 Å². The smallest absolute Gasteiger partial charge is 0.150 e. The van der Waals surface area contributed by atoms with Crippen molar-refractivity contribution in [2.24, 2.45) is 9.98 Å². The summed E-state index contributed by atoms with van der Waals surface area (Å²) in [4.78, 5) is 11.5. The molecule has 0 bridgehead atoms. The highest BCUT2D eigenvalue weighted by Gasteiger charge is 2.30. The summed E-state index contributed by atoms with van der Waals surface area (Å²) in [6.07, 6.45) is 4.35. The normalized spacial score (nSPS) is 15.2. The Balaban J connectivity index is 1.75. The first kappa shape index (κ1) is 40.7. The standard InChI is InChI=1S/C46H62Cl2N2Si2/c1-29(2)38-25-33(17-15-23-51(9,10)47)26-39(30(3)4)43(38)49-45-36-21-13-19-35-20-14-22-37(42(35)36)46(45)50-44-40(31(5)6)27-34(28-41(44)32(7)8)18-16-24-52(11,12)48/h13-14,19-22,25-32H,15-18,23-24H2,1-12H3. The van der Waals surface area contributed by atoms with Crippen LogP contribution in [0, 0.1) is 0 Å². The Bertz CT molecular complexity index is 1780. The summed E-state index contributed by atoms with van der Waals surface area (Å²) >= 11 is 13.5. The van der Waals surface area contributed by atoms with Crippen LogP contribution in [0.2, 0.25) is 38.3 Å². The second-order valence-corrected chi connectivity index (χ2v) is 31.7. The van der Waals surface area contributed by atoms with Crippen molar-refractivity contribution >= 4 is 70.5 Å². The molecule has 0 unspecified atom stereocenters. The molecule has 0 atom stereocenters. The van der Waals surface area contributed by atoms with Gasteiger partial charge in [-0.05, 0) is 87.4 Å². The van der Waals surface area contributed by atoms with E-state index >= 15 is 0 Å². The van der Waals surface area contributed by atoms with Gasteiger partial charge in [-0.25, -0.2) is 9.98 Å². The maximum absolute atomic E-state index is 6.73. The van der Waals surface area contributed by atoms with Gasteiger partial charge in [0.1, 0.15) is 0 Å². The first-order chi connectivity index (χ1) is 24.3. The third-order valence-electron chi connectivity index (χ3n) is 10.5. The third-order valence-corrected chi connectivity index (χ3v) is 14.7. The van der Waals surface area contributed by atoms with Crippen molar-refractivity contribution in [3.8, 4) is 0 Å². The van der Waals surface area contributed by atoms with Gasteiger partial charge in [0.25, 0.3) is 0 Å². The van der Waals surface area contributed by atoms with E-state index in [-0.39, 0.29) is 0 Å². The summed E-state index contributed by atoms with van der Waals surface area (Å²) in [5.74, 6) is 1.32. The van der Waals surface area contributed by atoms with E-state index in [1.165, 1.54) is 55.3 Å². The van der Waals surface area contributed by atoms with Gasteiger partial charge in [0.05, 0.1) is 22.8 Å². The largest absolute Gasteiger partial charge is 0.245 e. The lowest BCUT2D eigenvalue weighted by atomic mass is 9.89. The van der Waals surface area contributed by atoms with Crippen LogP contribution in [0.15, 0.2) is 70.6 Å². The predicted molar refractivity (Wildman–Crippen MR) is 239 cm³/mol. The zero-order valence-electron chi connectivity index (χ0n) is 34.0. The maximum Gasteiger partial charge on any atom is 0.150 e. The predicted octanol–water partition coefficient (Wildman–Crippen LogP) is 15.3. The van der Waals surface area contributed by atoms with Crippen molar-refractivity contribution in [2.45, 2.75) is 143 Å². The molecule has 1 aliphatic rings. The number of aliphatic imine (C=N–C) groups is 2. The van der Waals surface area contributed by atoms with E-state index in [1.807, 2.05) is 0 Å². The van der Waals surface area contributed by atoms with Crippen molar-refractivity contribution in [3.63, 3.8) is 0 Å². The van der Waals surface area contributed by atoms with Crippen LogP contribution >= 0.6 is 22.2 Å². The minimum absolute atomic E-state index is 0.329. The second-order valence-electron chi connectivity index (χ2n) is 17.6. The summed E-state index contributed by atoms with van der Waals surface area (Å²) in [7, 11) is -3.23. The molecule has 278 valence electrons. The molecule has 4 aromatic carbocycles. The van der Waals surface area contributed by atoms with Crippen molar-refractivity contribution in [3.05, 3.63) is 105 Å². The number of rotatable bonds is 14. The molecule has 0 fully saturated rings. The molecule has 0 aliphatic heterocycles. The molecule has 1 aliphatic carbocycles. The molecule has 0 aromatic heterocycles. The van der Waals surface area contributed by atoms with Gasteiger partial charge in [0, 0.05) is 16.5 Å². The highest BCUT2D eigenvalue weighted by molar-refractivity contribution is 7.19. The van der Waals surface area contributed by atoms with Gasteiger partial charge in [-0.1, -0.05) is 155 Å². The van der Waals surface area contributed by atoms with Crippen molar-refractivity contribution < 1.29 is 0 Å². The Kier molecular flexibility index (Phi) is 12.9.